The van der Waals surface area contributed by atoms with Crippen LogP contribution in [0.15, 0.2) is 6.33 Å². The maximum atomic E-state index is 11.8. The third kappa shape index (κ3) is 7.87. The Hall–Kier alpha value is -1.77. The van der Waals surface area contributed by atoms with Gasteiger partial charge in [-0.2, -0.15) is 5.10 Å². The summed E-state index contributed by atoms with van der Waals surface area (Å²) in [6.07, 6.45) is 2.84. The number of sulfonamides is 1. The van der Waals surface area contributed by atoms with Crippen molar-refractivity contribution in [1.82, 2.24) is 19.9 Å². The molecule has 0 bridgehead atoms. The molecule has 0 radical (unpaired) electrons. The highest BCUT2D eigenvalue weighted by atomic mass is 32.2. The molecule has 2 N–H and O–H groups in total. The second kappa shape index (κ2) is 8.19. The van der Waals surface area contributed by atoms with Gasteiger partial charge in [-0.25, -0.2) is 13.4 Å². The molecule has 0 unspecified atom stereocenters. The van der Waals surface area contributed by atoms with Crippen LogP contribution in [0.25, 0.3) is 0 Å². The van der Waals surface area contributed by atoms with Crippen LogP contribution in [0.1, 0.15) is 52.3 Å². The molecule has 0 aliphatic heterocycles. The van der Waals surface area contributed by atoms with E-state index in [2.05, 4.69) is 15.2 Å². The Morgan fingerprint density at radius 2 is 1.91 bits per heavy atom. The number of H-pyrrole nitrogens is 1. The highest BCUT2D eigenvalue weighted by Gasteiger charge is 2.22. The van der Waals surface area contributed by atoms with E-state index in [1.54, 1.807) is 20.8 Å². The molecule has 0 aromatic carbocycles. The number of nitrogens with zero attached hydrogens (tertiary/aromatic N) is 2. The van der Waals surface area contributed by atoms with E-state index in [4.69, 9.17) is 0 Å². The van der Waals surface area contributed by atoms with Crippen molar-refractivity contribution < 1.29 is 18.0 Å². The van der Waals surface area contributed by atoms with Crippen molar-refractivity contribution in [1.29, 1.82) is 0 Å². The van der Waals surface area contributed by atoms with Gasteiger partial charge in [0, 0.05) is 24.7 Å². The molecule has 0 aliphatic carbocycles. The number of nitrogens with one attached hydrogen (secondary N) is 2. The van der Waals surface area contributed by atoms with E-state index in [1.807, 2.05) is 4.72 Å². The highest BCUT2D eigenvalue weighted by Crippen LogP contribution is 2.17. The van der Waals surface area contributed by atoms with Gasteiger partial charge in [0.15, 0.2) is 0 Å². The van der Waals surface area contributed by atoms with Gasteiger partial charge < -0.3 is 0 Å². The smallest absolute Gasteiger partial charge is 0.234 e. The first kappa shape index (κ1) is 19.3. The Bertz CT molecular complexity index is 618. The summed E-state index contributed by atoms with van der Waals surface area (Å²) < 4.78 is 25.6. The lowest BCUT2D eigenvalue weighted by Crippen LogP contribution is -2.33. The third-order valence-corrected chi connectivity index (χ3v) is 4.57. The summed E-state index contributed by atoms with van der Waals surface area (Å²) in [5.74, 6) is -0.123. The fourth-order valence-corrected chi connectivity index (χ4v) is 2.92. The molecule has 0 saturated heterocycles. The molecule has 0 spiro atoms. The molecular formula is C14H24N4O4S. The first-order chi connectivity index (χ1) is 10.6. The van der Waals surface area contributed by atoms with Crippen molar-refractivity contribution in [2.45, 2.75) is 52.9 Å². The molecule has 130 valence electrons. The number of carbonyl (C=O) groups is 2. The number of hydrogen-bond donors (Lipinski definition) is 2. The molecule has 1 aromatic rings. The average molecular weight is 344 g/mol. The lowest BCUT2D eigenvalue weighted by Gasteiger charge is -2.16. The number of carbonyl (C=O) groups excluding carboxylic acids is 2. The van der Waals surface area contributed by atoms with Crippen LogP contribution in [0.2, 0.25) is 0 Å². The van der Waals surface area contributed by atoms with Gasteiger partial charge in [0.2, 0.25) is 15.9 Å². The zero-order valence-corrected chi connectivity index (χ0v) is 14.6. The molecule has 1 aromatic heterocycles. The number of ketones is 1. The minimum Gasteiger partial charge on any atom is -0.299 e. The first-order valence-electron chi connectivity index (χ1n) is 7.51. The van der Waals surface area contributed by atoms with E-state index in [1.165, 1.54) is 6.33 Å². The van der Waals surface area contributed by atoms with Crippen LogP contribution in [0, 0.1) is 5.41 Å². The van der Waals surface area contributed by atoms with Crippen molar-refractivity contribution in [2.75, 3.05) is 5.75 Å². The monoisotopic (exact) mass is 344 g/mol. The summed E-state index contributed by atoms with van der Waals surface area (Å²) in [5.41, 5.74) is -0.478. The quantitative estimate of drug-likeness (QED) is 0.688. The number of amides is 1. The zero-order chi connectivity index (χ0) is 17.5. The third-order valence-electron chi connectivity index (χ3n) is 3.21. The van der Waals surface area contributed by atoms with Crippen LogP contribution in [0.4, 0.5) is 0 Å². The Morgan fingerprint density at radius 1 is 1.22 bits per heavy atom. The van der Waals surface area contributed by atoms with Crippen molar-refractivity contribution in [2.24, 2.45) is 5.41 Å². The SMILES string of the molecule is CC(C)(C)C(=O)CCCS(=O)(=O)NC(=O)CCCc1ncn[nH]1. The summed E-state index contributed by atoms with van der Waals surface area (Å²) in [7, 11) is -3.69. The number of rotatable bonds is 9. The summed E-state index contributed by atoms with van der Waals surface area (Å²) in [6, 6.07) is 0. The van der Waals surface area contributed by atoms with Crippen molar-refractivity contribution in [3.05, 3.63) is 12.2 Å². The van der Waals surface area contributed by atoms with E-state index in [-0.39, 0.29) is 30.8 Å². The minimum atomic E-state index is -3.69. The van der Waals surface area contributed by atoms with Gasteiger partial charge in [-0.1, -0.05) is 20.8 Å². The number of aryl methyl sites for hydroxylation is 1. The molecule has 0 saturated carbocycles. The van der Waals surface area contributed by atoms with Gasteiger partial charge in [0.25, 0.3) is 0 Å². The van der Waals surface area contributed by atoms with Crippen LogP contribution in [0.3, 0.4) is 0 Å². The van der Waals surface area contributed by atoms with E-state index in [0.29, 0.717) is 18.7 Å². The van der Waals surface area contributed by atoms with Crippen LogP contribution in [-0.2, 0) is 26.0 Å². The fraction of sp³-hybridized carbons (Fsp3) is 0.714. The lowest BCUT2D eigenvalue weighted by atomic mass is 9.88. The maximum absolute atomic E-state index is 11.8. The van der Waals surface area contributed by atoms with E-state index in [0.717, 1.165) is 0 Å². The Balaban J connectivity index is 2.28. The molecule has 0 fully saturated rings. The Morgan fingerprint density at radius 3 is 2.48 bits per heavy atom. The van der Waals surface area contributed by atoms with Gasteiger partial charge in [0.05, 0.1) is 5.75 Å². The van der Waals surface area contributed by atoms with Gasteiger partial charge in [-0.15, -0.1) is 0 Å². The lowest BCUT2D eigenvalue weighted by molar-refractivity contribution is -0.126. The predicted molar refractivity (Wildman–Crippen MR) is 84.9 cm³/mol. The second-order valence-corrected chi connectivity index (χ2v) is 8.25. The molecule has 1 amide bonds. The molecule has 8 nitrogen and oxygen atoms in total. The van der Waals surface area contributed by atoms with Crippen molar-refractivity contribution >= 4 is 21.7 Å². The number of Topliss-reactive ketones (excluding diaryl/α,β-unsaturated/α-hetero) is 1. The average Bonchev–Trinajstić information content (AvgIpc) is 2.89. The van der Waals surface area contributed by atoms with Crippen LogP contribution in [0.5, 0.6) is 0 Å². The predicted octanol–water partition coefficient (Wildman–Crippen LogP) is 0.969. The van der Waals surface area contributed by atoms with Gasteiger partial charge >= 0.3 is 0 Å². The van der Waals surface area contributed by atoms with Crippen LogP contribution < -0.4 is 4.72 Å². The summed E-state index contributed by atoms with van der Waals surface area (Å²) in [4.78, 5) is 27.3. The molecule has 1 heterocycles. The van der Waals surface area contributed by atoms with Gasteiger partial charge in [-0.3, -0.25) is 19.4 Å². The Labute approximate surface area is 136 Å². The molecule has 0 aliphatic rings. The molecule has 9 heteroatoms. The van der Waals surface area contributed by atoms with Crippen molar-refractivity contribution in [3.8, 4) is 0 Å². The summed E-state index contributed by atoms with van der Waals surface area (Å²) >= 11 is 0. The van der Waals surface area contributed by atoms with Crippen molar-refractivity contribution in [3.63, 3.8) is 0 Å². The summed E-state index contributed by atoms with van der Waals surface area (Å²) in [5, 5.41) is 6.35. The normalized spacial score (nSPS) is 12.1. The highest BCUT2D eigenvalue weighted by molar-refractivity contribution is 7.90. The Kier molecular flexibility index (Phi) is 6.86. The second-order valence-electron chi connectivity index (χ2n) is 6.41. The molecular weight excluding hydrogens is 320 g/mol. The van der Waals surface area contributed by atoms with E-state index >= 15 is 0 Å². The minimum absolute atomic E-state index is 0.00563. The number of hydrogen-bond acceptors (Lipinski definition) is 6. The van der Waals surface area contributed by atoms with Gasteiger partial charge in [0.1, 0.15) is 17.9 Å². The largest absolute Gasteiger partial charge is 0.299 e. The molecule has 23 heavy (non-hydrogen) atoms. The van der Waals surface area contributed by atoms with E-state index < -0.39 is 21.3 Å². The molecule has 0 atom stereocenters. The summed E-state index contributed by atoms with van der Waals surface area (Å²) in [6.45, 7) is 5.38. The number of aromatic amines is 1. The maximum Gasteiger partial charge on any atom is 0.234 e. The fourth-order valence-electron chi connectivity index (χ4n) is 1.84. The zero-order valence-electron chi connectivity index (χ0n) is 13.8. The van der Waals surface area contributed by atoms with E-state index in [9.17, 15) is 18.0 Å². The van der Waals surface area contributed by atoms with Gasteiger partial charge in [-0.05, 0) is 12.8 Å². The molecule has 1 rings (SSSR count). The van der Waals surface area contributed by atoms with Crippen LogP contribution >= 0.6 is 0 Å². The topological polar surface area (TPSA) is 122 Å². The standard InChI is InChI=1S/C14H24N4O4S/c1-14(2,3)11(19)6-5-9-23(21,22)18-13(20)8-4-7-12-15-10-16-17-12/h10H,4-9H2,1-3H3,(H,18,20)(H,15,16,17). The first-order valence-corrected chi connectivity index (χ1v) is 9.16. The number of aromatic nitrogens is 3. The van der Waals surface area contributed by atoms with Crippen LogP contribution in [-0.4, -0.2) is 41.0 Å².